The first-order chi connectivity index (χ1) is 14.7. The Morgan fingerprint density at radius 1 is 1.03 bits per heavy atom. The lowest BCUT2D eigenvalue weighted by Crippen LogP contribution is -2.37. The molecule has 1 aromatic heterocycles. The number of thioether (sulfide) groups is 1. The quantitative estimate of drug-likeness (QED) is 0.399. The van der Waals surface area contributed by atoms with Crippen LogP contribution < -0.4 is 9.47 Å². The summed E-state index contributed by atoms with van der Waals surface area (Å²) in [5.41, 5.74) is 1.92. The molecule has 30 heavy (non-hydrogen) atoms. The Labute approximate surface area is 181 Å². The fourth-order valence-electron chi connectivity index (χ4n) is 3.66. The normalized spacial score (nSPS) is 14.1. The van der Waals surface area contributed by atoms with Gasteiger partial charge in [-0.05, 0) is 55.7 Å². The molecule has 0 unspecified atom stereocenters. The Bertz CT molecular complexity index is 981. The van der Waals surface area contributed by atoms with E-state index in [1.54, 1.807) is 18.9 Å². The number of hydrogen-bond acceptors (Lipinski definition) is 5. The van der Waals surface area contributed by atoms with Crippen molar-refractivity contribution in [3.63, 3.8) is 0 Å². The van der Waals surface area contributed by atoms with E-state index in [1.165, 1.54) is 6.42 Å². The second-order valence-corrected chi connectivity index (χ2v) is 8.35. The summed E-state index contributed by atoms with van der Waals surface area (Å²) in [6, 6.07) is 15.6. The maximum Gasteiger partial charge on any atom is 0.242 e. The molecule has 1 aliphatic rings. The molecule has 158 valence electrons. The van der Waals surface area contributed by atoms with Crippen molar-refractivity contribution in [1.29, 1.82) is 0 Å². The summed E-state index contributed by atoms with van der Waals surface area (Å²) in [5, 5.41) is 0.861. The van der Waals surface area contributed by atoms with Crippen molar-refractivity contribution in [3.05, 3.63) is 48.5 Å². The predicted molar refractivity (Wildman–Crippen MR) is 119 cm³/mol. The van der Waals surface area contributed by atoms with Crippen LogP contribution in [0.2, 0.25) is 0 Å². The molecule has 7 heteroatoms. The highest BCUT2D eigenvalue weighted by Gasteiger charge is 2.20. The fourth-order valence-corrected chi connectivity index (χ4v) is 4.49. The van der Waals surface area contributed by atoms with Gasteiger partial charge in [-0.3, -0.25) is 4.79 Å². The molecule has 0 spiro atoms. The van der Waals surface area contributed by atoms with Crippen LogP contribution in [0.15, 0.2) is 53.7 Å². The van der Waals surface area contributed by atoms with E-state index in [0.717, 1.165) is 59.4 Å². The van der Waals surface area contributed by atoms with Crippen molar-refractivity contribution in [2.45, 2.75) is 31.0 Å². The number of carbonyl (C=O) groups is 1. The van der Waals surface area contributed by atoms with Gasteiger partial charge in [0.1, 0.15) is 18.0 Å². The summed E-state index contributed by atoms with van der Waals surface area (Å²) in [4.78, 5) is 19.6. The minimum Gasteiger partial charge on any atom is -0.497 e. The van der Waals surface area contributed by atoms with Gasteiger partial charge in [-0.2, -0.15) is 0 Å². The third-order valence-corrected chi connectivity index (χ3v) is 6.20. The molecule has 0 N–H and O–H groups in total. The molecule has 0 aliphatic carbocycles. The number of likely N-dealkylation sites (tertiary alicyclic amines) is 1. The zero-order chi connectivity index (χ0) is 20.8. The number of amides is 1. The molecule has 6 nitrogen and oxygen atoms in total. The van der Waals surface area contributed by atoms with E-state index < -0.39 is 0 Å². The number of benzene rings is 2. The van der Waals surface area contributed by atoms with Gasteiger partial charge in [0.2, 0.25) is 5.91 Å². The van der Waals surface area contributed by atoms with Crippen LogP contribution in [-0.2, 0) is 11.3 Å². The zero-order valence-corrected chi connectivity index (χ0v) is 18.1. The highest BCUT2D eigenvalue weighted by molar-refractivity contribution is 7.99. The van der Waals surface area contributed by atoms with E-state index in [1.807, 2.05) is 58.0 Å². The second-order valence-electron chi connectivity index (χ2n) is 7.28. The first-order valence-electron chi connectivity index (χ1n) is 10.4. The van der Waals surface area contributed by atoms with Crippen molar-refractivity contribution in [3.8, 4) is 11.5 Å². The number of imidazole rings is 1. The Morgan fingerprint density at radius 3 is 2.53 bits per heavy atom. The Hall–Kier alpha value is -2.67. The first kappa shape index (κ1) is 20.6. The lowest BCUT2D eigenvalue weighted by atomic mass is 10.1. The van der Waals surface area contributed by atoms with Gasteiger partial charge in [0, 0.05) is 18.8 Å². The Balaban J connectivity index is 1.41. The highest BCUT2D eigenvalue weighted by Crippen LogP contribution is 2.25. The number of ether oxygens (including phenoxy) is 2. The molecule has 2 aromatic carbocycles. The van der Waals surface area contributed by atoms with Crippen LogP contribution in [0.4, 0.5) is 0 Å². The number of carbonyl (C=O) groups excluding carboxylic acids is 1. The SMILES string of the molecule is COc1ccc(OCCSc2nc3ccccc3n2CC(=O)N2CCCCC2)cc1. The monoisotopic (exact) mass is 425 g/mol. The fraction of sp³-hybridized carbons (Fsp3) is 0.391. The zero-order valence-electron chi connectivity index (χ0n) is 17.3. The molecule has 2 heterocycles. The second kappa shape index (κ2) is 9.89. The number of methoxy groups -OCH3 is 1. The number of hydrogen-bond donors (Lipinski definition) is 0. The van der Waals surface area contributed by atoms with Gasteiger partial charge in [-0.1, -0.05) is 23.9 Å². The van der Waals surface area contributed by atoms with Crippen molar-refractivity contribution >= 4 is 28.7 Å². The summed E-state index contributed by atoms with van der Waals surface area (Å²) in [5.74, 6) is 2.54. The molecule has 0 saturated carbocycles. The number of aromatic nitrogens is 2. The molecule has 4 rings (SSSR count). The van der Waals surface area contributed by atoms with Crippen LogP contribution in [0.3, 0.4) is 0 Å². The van der Waals surface area contributed by atoms with Crippen LogP contribution in [0.1, 0.15) is 19.3 Å². The number of nitrogens with zero attached hydrogens (tertiary/aromatic N) is 3. The Kier molecular flexibility index (Phi) is 6.79. The smallest absolute Gasteiger partial charge is 0.242 e. The molecular formula is C23H27N3O3S. The minimum atomic E-state index is 0.175. The molecule has 0 atom stereocenters. The molecule has 1 fully saturated rings. The first-order valence-corrected chi connectivity index (χ1v) is 11.4. The summed E-state index contributed by atoms with van der Waals surface area (Å²) in [6.45, 7) is 2.62. The van der Waals surface area contributed by atoms with Crippen LogP contribution in [0.25, 0.3) is 11.0 Å². The van der Waals surface area contributed by atoms with E-state index in [4.69, 9.17) is 14.5 Å². The van der Waals surface area contributed by atoms with Crippen molar-refractivity contribution in [1.82, 2.24) is 14.5 Å². The van der Waals surface area contributed by atoms with E-state index in [2.05, 4.69) is 0 Å². The highest BCUT2D eigenvalue weighted by atomic mass is 32.2. The van der Waals surface area contributed by atoms with Gasteiger partial charge in [-0.25, -0.2) is 4.98 Å². The molecule has 3 aromatic rings. The van der Waals surface area contributed by atoms with Crippen LogP contribution in [0.5, 0.6) is 11.5 Å². The molecular weight excluding hydrogens is 398 g/mol. The molecule has 0 radical (unpaired) electrons. The largest absolute Gasteiger partial charge is 0.497 e. The average Bonchev–Trinajstić information content (AvgIpc) is 3.15. The summed E-state index contributed by atoms with van der Waals surface area (Å²) in [6.07, 6.45) is 3.41. The van der Waals surface area contributed by atoms with Gasteiger partial charge >= 0.3 is 0 Å². The lowest BCUT2D eigenvalue weighted by Gasteiger charge is -2.27. The van der Waals surface area contributed by atoms with Gasteiger partial charge in [0.15, 0.2) is 5.16 Å². The molecule has 1 amide bonds. The maximum atomic E-state index is 12.9. The molecule has 1 saturated heterocycles. The van der Waals surface area contributed by atoms with E-state index in [-0.39, 0.29) is 5.91 Å². The van der Waals surface area contributed by atoms with E-state index >= 15 is 0 Å². The molecule has 1 aliphatic heterocycles. The molecule has 0 bridgehead atoms. The predicted octanol–water partition coefficient (Wildman–Crippen LogP) is 4.23. The minimum absolute atomic E-state index is 0.175. The third-order valence-electron chi connectivity index (χ3n) is 5.26. The lowest BCUT2D eigenvalue weighted by molar-refractivity contribution is -0.132. The summed E-state index contributed by atoms with van der Waals surface area (Å²) < 4.78 is 13.0. The van der Waals surface area contributed by atoms with Crippen LogP contribution in [0, 0.1) is 0 Å². The standard InChI is InChI=1S/C23H27N3O3S/c1-28-18-9-11-19(12-10-18)29-15-16-30-23-24-20-7-3-4-8-21(20)26(23)17-22(27)25-13-5-2-6-14-25/h3-4,7-12H,2,5-6,13-17H2,1H3. The maximum absolute atomic E-state index is 12.9. The number of fused-ring (bicyclic) bond motifs is 1. The van der Waals surface area contributed by atoms with Gasteiger partial charge in [-0.15, -0.1) is 0 Å². The number of piperidine rings is 1. The third kappa shape index (κ3) is 4.90. The van der Waals surface area contributed by atoms with Crippen molar-refractivity contribution < 1.29 is 14.3 Å². The van der Waals surface area contributed by atoms with E-state index in [9.17, 15) is 4.79 Å². The number of para-hydroxylation sites is 2. The average molecular weight is 426 g/mol. The van der Waals surface area contributed by atoms with Gasteiger partial charge in [0.05, 0.1) is 24.8 Å². The Morgan fingerprint density at radius 2 is 1.77 bits per heavy atom. The van der Waals surface area contributed by atoms with Crippen molar-refractivity contribution in [2.75, 3.05) is 32.6 Å². The van der Waals surface area contributed by atoms with Gasteiger partial charge < -0.3 is 18.9 Å². The topological polar surface area (TPSA) is 56.6 Å². The van der Waals surface area contributed by atoms with Crippen LogP contribution in [-0.4, -0.2) is 52.9 Å². The summed E-state index contributed by atoms with van der Waals surface area (Å²) >= 11 is 1.62. The number of rotatable bonds is 8. The van der Waals surface area contributed by atoms with Crippen molar-refractivity contribution in [2.24, 2.45) is 0 Å². The van der Waals surface area contributed by atoms with E-state index in [0.29, 0.717) is 13.2 Å². The van der Waals surface area contributed by atoms with Crippen LogP contribution >= 0.6 is 11.8 Å². The van der Waals surface area contributed by atoms with Gasteiger partial charge in [0.25, 0.3) is 0 Å². The summed E-state index contributed by atoms with van der Waals surface area (Å²) in [7, 11) is 1.65.